The molecule has 0 saturated carbocycles. The van der Waals surface area contributed by atoms with Gasteiger partial charge in [0, 0.05) is 0 Å². The number of aryl methyl sites for hydroxylation is 1. The van der Waals surface area contributed by atoms with E-state index >= 15 is 0 Å². The van der Waals surface area contributed by atoms with Crippen molar-refractivity contribution in [1.82, 2.24) is 0 Å². The summed E-state index contributed by atoms with van der Waals surface area (Å²) < 4.78 is 33.3. The zero-order chi connectivity index (χ0) is 25.0. The number of halogens is 2. The molecule has 32 heavy (non-hydrogen) atoms. The fraction of sp³-hybridized carbons (Fsp3) is 0.556. The molecule has 2 rings (SSSR count). The normalized spacial score (nSPS) is 12.8. The average molecular weight is 451 g/mol. The van der Waals surface area contributed by atoms with E-state index in [2.05, 4.69) is 39.8 Å². The molecule has 2 aromatic rings. The predicted octanol–water partition coefficient (Wildman–Crippen LogP) is 6.57. The van der Waals surface area contributed by atoms with Crippen LogP contribution in [0, 0.1) is 24.0 Å². The molecule has 0 unspecified atom stereocenters. The zero-order valence-corrected chi connectivity index (χ0v) is 21.0. The molecule has 2 aromatic carbocycles. The lowest BCUT2D eigenvalue weighted by Crippen LogP contribution is -2.44. The van der Waals surface area contributed by atoms with Crippen LogP contribution in [0.25, 0.3) is 0 Å². The smallest absolute Gasteiger partial charge is 0.190 e. The molecule has 0 aliphatic heterocycles. The van der Waals surface area contributed by atoms with E-state index in [1.165, 1.54) is 17.7 Å². The first-order valence-corrected chi connectivity index (χ1v) is 11.0. The standard InChI is InChI=1S/C21H26F2O.C6H14O2/c1-15-11-12-17(22)19(18(15)23)24-14-13-20(2,3)21(4,5)16-9-7-6-8-10-16;1-5(2,7)6(3,4)8/h6-12H,13-14H2,1-5H3;7-8H,1-4H3. The molecule has 0 saturated heterocycles. The zero-order valence-electron chi connectivity index (χ0n) is 21.0. The van der Waals surface area contributed by atoms with Gasteiger partial charge >= 0.3 is 0 Å². The second-order valence-corrected chi connectivity index (χ2v) is 10.6. The van der Waals surface area contributed by atoms with Gasteiger partial charge in [-0.25, -0.2) is 8.78 Å². The van der Waals surface area contributed by atoms with E-state index in [9.17, 15) is 8.78 Å². The predicted molar refractivity (Wildman–Crippen MR) is 127 cm³/mol. The van der Waals surface area contributed by atoms with Gasteiger partial charge < -0.3 is 14.9 Å². The second kappa shape index (κ2) is 10.3. The van der Waals surface area contributed by atoms with Crippen LogP contribution >= 0.6 is 0 Å². The molecular formula is C27H40F2O3. The van der Waals surface area contributed by atoms with Crippen molar-refractivity contribution in [2.24, 2.45) is 5.41 Å². The summed E-state index contributed by atoms with van der Waals surface area (Å²) in [6.07, 6.45) is 0.682. The third-order valence-electron chi connectivity index (χ3n) is 6.90. The Morgan fingerprint density at radius 3 is 1.75 bits per heavy atom. The van der Waals surface area contributed by atoms with Gasteiger partial charge in [0.05, 0.1) is 17.8 Å². The highest BCUT2D eigenvalue weighted by Crippen LogP contribution is 2.43. The van der Waals surface area contributed by atoms with Crippen molar-refractivity contribution in [1.29, 1.82) is 0 Å². The molecule has 0 radical (unpaired) electrons. The molecule has 0 aliphatic carbocycles. The molecule has 0 bridgehead atoms. The number of benzene rings is 2. The van der Waals surface area contributed by atoms with E-state index in [1.807, 2.05) is 18.2 Å². The molecule has 0 amide bonds. The molecule has 180 valence electrons. The van der Waals surface area contributed by atoms with Gasteiger partial charge in [0.2, 0.25) is 0 Å². The fourth-order valence-electron chi connectivity index (χ4n) is 2.73. The molecule has 0 aromatic heterocycles. The summed E-state index contributed by atoms with van der Waals surface area (Å²) in [6, 6.07) is 12.9. The number of rotatable bonds is 7. The highest BCUT2D eigenvalue weighted by atomic mass is 19.1. The van der Waals surface area contributed by atoms with Crippen LogP contribution in [-0.4, -0.2) is 28.0 Å². The number of aliphatic hydroxyl groups is 2. The lowest BCUT2D eigenvalue weighted by atomic mass is 9.63. The molecule has 5 heteroatoms. The topological polar surface area (TPSA) is 49.7 Å². The van der Waals surface area contributed by atoms with Gasteiger partial charge in [-0.05, 0) is 69.1 Å². The van der Waals surface area contributed by atoms with Crippen LogP contribution in [0.1, 0.15) is 72.9 Å². The van der Waals surface area contributed by atoms with E-state index in [1.54, 1.807) is 34.6 Å². The first kappa shape index (κ1) is 28.1. The maximum Gasteiger partial charge on any atom is 0.190 e. The third kappa shape index (κ3) is 7.01. The van der Waals surface area contributed by atoms with Crippen LogP contribution in [-0.2, 0) is 5.41 Å². The molecule has 0 fully saturated rings. The van der Waals surface area contributed by atoms with Crippen LogP contribution < -0.4 is 4.74 Å². The summed E-state index contributed by atoms with van der Waals surface area (Å²) in [5.74, 6) is -1.54. The van der Waals surface area contributed by atoms with Crippen molar-refractivity contribution in [3.05, 3.63) is 65.2 Å². The quantitative estimate of drug-likeness (QED) is 0.501. The Balaban J connectivity index is 0.000000547. The molecule has 0 spiro atoms. The summed E-state index contributed by atoms with van der Waals surface area (Å²) in [6.45, 7) is 16.9. The Bertz CT molecular complexity index is 849. The first-order valence-electron chi connectivity index (χ1n) is 11.0. The van der Waals surface area contributed by atoms with Gasteiger partial charge in [-0.2, -0.15) is 0 Å². The minimum Gasteiger partial charge on any atom is -0.488 e. The molecule has 0 aliphatic rings. The van der Waals surface area contributed by atoms with E-state index in [-0.39, 0.29) is 23.2 Å². The first-order chi connectivity index (χ1) is 14.4. The molecule has 0 heterocycles. The Morgan fingerprint density at radius 2 is 1.28 bits per heavy atom. The Kier molecular flexibility index (Phi) is 9.03. The van der Waals surface area contributed by atoms with Crippen molar-refractivity contribution in [3.8, 4) is 5.75 Å². The largest absolute Gasteiger partial charge is 0.488 e. The van der Waals surface area contributed by atoms with Crippen molar-refractivity contribution in [2.75, 3.05) is 6.61 Å². The van der Waals surface area contributed by atoms with Gasteiger partial charge in [-0.1, -0.05) is 64.1 Å². The maximum atomic E-state index is 14.0. The summed E-state index contributed by atoms with van der Waals surface area (Å²) in [4.78, 5) is 0. The van der Waals surface area contributed by atoms with Gasteiger partial charge in [0.15, 0.2) is 17.4 Å². The summed E-state index contributed by atoms with van der Waals surface area (Å²) in [5, 5.41) is 18.2. The average Bonchev–Trinajstić information content (AvgIpc) is 2.67. The monoisotopic (exact) mass is 450 g/mol. The van der Waals surface area contributed by atoms with E-state index in [0.29, 0.717) is 12.0 Å². The minimum absolute atomic E-state index is 0.0959. The number of hydrogen-bond acceptors (Lipinski definition) is 3. The lowest BCUT2D eigenvalue weighted by Gasteiger charge is -2.42. The fourth-order valence-corrected chi connectivity index (χ4v) is 2.73. The summed E-state index contributed by atoms with van der Waals surface area (Å²) >= 11 is 0. The molecular weight excluding hydrogens is 410 g/mol. The van der Waals surface area contributed by atoms with Gasteiger partial charge in [-0.3, -0.25) is 0 Å². The van der Waals surface area contributed by atoms with Crippen LogP contribution in [0.2, 0.25) is 0 Å². The highest BCUT2D eigenvalue weighted by molar-refractivity contribution is 5.32. The maximum absolute atomic E-state index is 14.0. The van der Waals surface area contributed by atoms with Crippen molar-refractivity contribution < 1.29 is 23.7 Å². The van der Waals surface area contributed by atoms with E-state index < -0.39 is 22.8 Å². The Morgan fingerprint density at radius 1 is 0.781 bits per heavy atom. The lowest BCUT2D eigenvalue weighted by molar-refractivity contribution is -0.107. The van der Waals surface area contributed by atoms with Crippen molar-refractivity contribution in [3.63, 3.8) is 0 Å². The Hall–Kier alpha value is -1.98. The van der Waals surface area contributed by atoms with Gasteiger partial charge in [-0.15, -0.1) is 0 Å². The van der Waals surface area contributed by atoms with Crippen LogP contribution in [0.5, 0.6) is 5.75 Å². The van der Waals surface area contributed by atoms with Crippen molar-refractivity contribution in [2.45, 2.75) is 85.4 Å². The molecule has 0 atom stereocenters. The Labute approximate surface area is 192 Å². The summed E-state index contributed by atoms with van der Waals surface area (Å²) in [7, 11) is 0. The third-order valence-corrected chi connectivity index (χ3v) is 6.90. The summed E-state index contributed by atoms with van der Waals surface area (Å²) in [5.41, 5.74) is -0.593. The number of ether oxygens (including phenoxy) is 1. The van der Waals surface area contributed by atoms with Gasteiger partial charge in [0.1, 0.15) is 0 Å². The molecule has 2 N–H and O–H groups in total. The SMILES string of the molecule is CC(C)(O)C(C)(C)O.Cc1ccc(F)c(OCCC(C)(C)C(C)(C)c2ccccc2)c1F. The minimum atomic E-state index is -1.01. The van der Waals surface area contributed by atoms with Gasteiger partial charge in [0.25, 0.3) is 0 Å². The van der Waals surface area contributed by atoms with Crippen LogP contribution in [0.4, 0.5) is 8.78 Å². The number of hydrogen-bond donors (Lipinski definition) is 2. The second-order valence-electron chi connectivity index (χ2n) is 10.6. The highest BCUT2D eigenvalue weighted by Gasteiger charge is 2.38. The van der Waals surface area contributed by atoms with Crippen molar-refractivity contribution >= 4 is 0 Å². The molecule has 3 nitrogen and oxygen atoms in total. The van der Waals surface area contributed by atoms with Crippen LogP contribution in [0.3, 0.4) is 0 Å². The van der Waals surface area contributed by atoms with E-state index in [0.717, 1.165) is 0 Å². The van der Waals surface area contributed by atoms with E-state index in [4.69, 9.17) is 14.9 Å². The van der Waals surface area contributed by atoms with Crippen LogP contribution in [0.15, 0.2) is 42.5 Å².